The molecule has 5 nitrogen and oxygen atoms in total. The quantitative estimate of drug-likeness (QED) is 0.695. The second-order valence-corrected chi connectivity index (χ2v) is 5.27. The summed E-state index contributed by atoms with van der Waals surface area (Å²) in [6.45, 7) is 4.08. The van der Waals surface area contributed by atoms with Crippen LogP contribution in [-0.4, -0.2) is 42.2 Å². The Morgan fingerprint density at radius 1 is 1.35 bits per heavy atom. The number of nitrogens with two attached hydrogens (primary N) is 1. The maximum Gasteiger partial charge on any atom is 0.253 e. The minimum absolute atomic E-state index is 0.0395. The Hall–Kier alpha value is -1.75. The molecule has 0 bridgehead atoms. The molecular formula is C15H25N3O2. The smallest absolute Gasteiger partial charge is 0.253 e. The summed E-state index contributed by atoms with van der Waals surface area (Å²) < 4.78 is 0. The molecule has 1 amide bonds. The highest BCUT2D eigenvalue weighted by atomic mass is 16.3. The van der Waals surface area contributed by atoms with E-state index in [2.05, 4.69) is 5.32 Å². The molecule has 1 rings (SSSR count). The molecule has 0 saturated carbocycles. The van der Waals surface area contributed by atoms with Crippen molar-refractivity contribution in [3.8, 4) is 0 Å². The molecule has 1 aromatic carbocycles. The van der Waals surface area contributed by atoms with Gasteiger partial charge in [-0.05, 0) is 31.0 Å². The van der Waals surface area contributed by atoms with Crippen molar-refractivity contribution < 1.29 is 9.90 Å². The molecule has 0 saturated heterocycles. The van der Waals surface area contributed by atoms with E-state index >= 15 is 0 Å². The highest BCUT2D eigenvalue weighted by Gasteiger charge is 2.25. The zero-order valence-electron chi connectivity index (χ0n) is 12.7. The Morgan fingerprint density at radius 3 is 2.35 bits per heavy atom. The number of anilines is 2. The number of amides is 1. The van der Waals surface area contributed by atoms with Crippen molar-refractivity contribution in [2.75, 3.05) is 31.8 Å². The van der Waals surface area contributed by atoms with Gasteiger partial charge < -0.3 is 21.1 Å². The van der Waals surface area contributed by atoms with Gasteiger partial charge in [0.1, 0.15) is 0 Å². The summed E-state index contributed by atoms with van der Waals surface area (Å²) in [4.78, 5) is 13.4. The van der Waals surface area contributed by atoms with Gasteiger partial charge >= 0.3 is 0 Å². The molecule has 0 aliphatic carbocycles. The monoisotopic (exact) mass is 279 g/mol. The number of nitrogen functional groups attached to an aromatic ring is 1. The SMILES string of the molecule is CCC(CC)(CO)Nc1ccc(C(=O)N(C)C)cc1N. The van der Waals surface area contributed by atoms with Gasteiger partial charge in [0, 0.05) is 19.7 Å². The Bertz CT molecular complexity index is 460. The van der Waals surface area contributed by atoms with Gasteiger partial charge in [-0.1, -0.05) is 13.8 Å². The minimum Gasteiger partial charge on any atom is -0.397 e. The van der Waals surface area contributed by atoms with Crippen LogP contribution in [0, 0.1) is 0 Å². The summed E-state index contributed by atoms with van der Waals surface area (Å²) in [7, 11) is 3.41. The molecule has 0 radical (unpaired) electrons. The molecule has 20 heavy (non-hydrogen) atoms. The number of benzene rings is 1. The lowest BCUT2D eigenvalue weighted by Gasteiger charge is -2.32. The van der Waals surface area contributed by atoms with Gasteiger partial charge in [-0.3, -0.25) is 4.79 Å². The predicted octanol–water partition coefficient (Wildman–Crippen LogP) is 1.93. The summed E-state index contributed by atoms with van der Waals surface area (Å²) >= 11 is 0. The molecule has 0 aliphatic rings. The van der Waals surface area contributed by atoms with Crippen molar-refractivity contribution in [2.45, 2.75) is 32.2 Å². The van der Waals surface area contributed by atoms with E-state index in [-0.39, 0.29) is 18.1 Å². The number of carbonyl (C=O) groups excluding carboxylic acids is 1. The van der Waals surface area contributed by atoms with Gasteiger partial charge in [-0.15, -0.1) is 0 Å². The van der Waals surface area contributed by atoms with Crippen LogP contribution in [0.2, 0.25) is 0 Å². The van der Waals surface area contributed by atoms with Crippen molar-refractivity contribution in [1.82, 2.24) is 4.90 Å². The molecule has 5 heteroatoms. The van der Waals surface area contributed by atoms with E-state index in [0.717, 1.165) is 18.5 Å². The largest absolute Gasteiger partial charge is 0.397 e. The normalized spacial score (nSPS) is 11.2. The van der Waals surface area contributed by atoms with Gasteiger partial charge in [0.05, 0.1) is 23.5 Å². The number of nitrogens with one attached hydrogen (secondary N) is 1. The zero-order chi connectivity index (χ0) is 15.3. The second-order valence-electron chi connectivity index (χ2n) is 5.27. The van der Waals surface area contributed by atoms with Crippen LogP contribution in [0.5, 0.6) is 0 Å². The van der Waals surface area contributed by atoms with Gasteiger partial charge in [0.25, 0.3) is 5.91 Å². The molecule has 0 aliphatic heterocycles. The average molecular weight is 279 g/mol. The summed E-state index contributed by atoms with van der Waals surface area (Å²) in [5.41, 5.74) is 7.46. The van der Waals surface area contributed by atoms with Crippen molar-refractivity contribution in [2.24, 2.45) is 0 Å². The maximum absolute atomic E-state index is 11.9. The first-order valence-corrected chi connectivity index (χ1v) is 6.89. The van der Waals surface area contributed by atoms with Gasteiger partial charge in [0.15, 0.2) is 0 Å². The van der Waals surface area contributed by atoms with Gasteiger partial charge in [0.2, 0.25) is 0 Å². The van der Waals surface area contributed by atoms with Crippen LogP contribution in [0.4, 0.5) is 11.4 Å². The van der Waals surface area contributed by atoms with Gasteiger partial charge in [-0.2, -0.15) is 0 Å². The number of aliphatic hydroxyl groups is 1. The second kappa shape index (κ2) is 6.61. The topological polar surface area (TPSA) is 78.6 Å². The molecule has 112 valence electrons. The highest BCUT2D eigenvalue weighted by molar-refractivity contribution is 5.95. The lowest BCUT2D eigenvalue weighted by molar-refractivity contribution is 0.0827. The van der Waals surface area contributed by atoms with Crippen molar-refractivity contribution in [3.63, 3.8) is 0 Å². The van der Waals surface area contributed by atoms with Crippen LogP contribution >= 0.6 is 0 Å². The van der Waals surface area contributed by atoms with Crippen molar-refractivity contribution in [3.05, 3.63) is 23.8 Å². The fourth-order valence-corrected chi connectivity index (χ4v) is 2.04. The first-order chi connectivity index (χ1) is 9.39. The first-order valence-electron chi connectivity index (χ1n) is 6.89. The minimum atomic E-state index is -0.374. The summed E-state index contributed by atoms with van der Waals surface area (Å²) in [6.07, 6.45) is 1.58. The standard InChI is InChI=1S/C15H25N3O2/c1-5-15(6-2,10-19)17-13-8-7-11(9-12(13)16)14(20)18(3)4/h7-9,17,19H,5-6,10,16H2,1-4H3. The third-order valence-corrected chi connectivity index (χ3v) is 3.76. The van der Waals surface area contributed by atoms with Gasteiger partial charge in [-0.25, -0.2) is 0 Å². The third kappa shape index (κ3) is 3.42. The Balaban J connectivity index is 3.02. The number of nitrogens with zero attached hydrogens (tertiary/aromatic N) is 1. The molecule has 0 unspecified atom stereocenters. The lowest BCUT2D eigenvalue weighted by atomic mass is 9.93. The number of aliphatic hydroxyl groups excluding tert-OH is 1. The number of hydrogen-bond donors (Lipinski definition) is 3. The van der Waals surface area contributed by atoms with Crippen LogP contribution in [0.15, 0.2) is 18.2 Å². The average Bonchev–Trinajstić information content (AvgIpc) is 2.45. The maximum atomic E-state index is 11.9. The predicted molar refractivity (Wildman–Crippen MR) is 82.9 cm³/mol. The number of hydrogen-bond acceptors (Lipinski definition) is 4. The molecule has 0 spiro atoms. The van der Waals surface area contributed by atoms with Crippen molar-refractivity contribution in [1.29, 1.82) is 0 Å². The molecule has 0 aromatic heterocycles. The van der Waals surface area contributed by atoms with E-state index in [4.69, 9.17) is 5.73 Å². The molecule has 4 N–H and O–H groups in total. The van der Waals surface area contributed by atoms with E-state index in [1.54, 1.807) is 32.3 Å². The number of carbonyl (C=O) groups is 1. The fourth-order valence-electron chi connectivity index (χ4n) is 2.04. The first kappa shape index (κ1) is 16.3. The number of rotatable bonds is 6. The molecule has 0 atom stereocenters. The Labute approximate surface area is 120 Å². The Kier molecular flexibility index (Phi) is 5.39. The molecule has 0 heterocycles. The van der Waals surface area contributed by atoms with Crippen LogP contribution in [0.25, 0.3) is 0 Å². The van der Waals surface area contributed by atoms with E-state index in [1.807, 2.05) is 13.8 Å². The lowest BCUT2D eigenvalue weighted by Crippen LogP contribution is -2.41. The van der Waals surface area contributed by atoms with E-state index in [0.29, 0.717) is 11.3 Å². The molecular weight excluding hydrogens is 254 g/mol. The van der Waals surface area contributed by atoms with E-state index < -0.39 is 0 Å². The molecule has 0 fully saturated rings. The fraction of sp³-hybridized carbons (Fsp3) is 0.533. The van der Waals surface area contributed by atoms with Crippen LogP contribution in [0.3, 0.4) is 0 Å². The summed E-state index contributed by atoms with van der Waals surface area (Å²) in [6, 6.07) is 5.20. The Morgan fingerprint density at radius 2 is 1.95 bits per heavy atom. The van der Waals surface area contributed by atoms with E-state index in [9.17, 15) is 9.90 Å². The highest BCUT2D eigenvalue weighted by Crippen LogP contribution is 2.27. The van der Waals surface area contributed by atoms with Crippen LogP contribution in [-0.2, 0) is 0 Å². The van der Waals surface area contributed by atoms with Crippen LogP contribution < -0.4 is 11.1 Å². The van der Waals surface area contributed by atoms with E-state index in [1.165, 1.54) is 4.90 Å². The zero-order valence-corrected chi connectivity index (χ0v) is 12.7. The molecule has 1 aromatic rings. The van der Waals surface area contributed by atoms with Crippen LogP contribution in [0.1, 0.15) is 37.0 Å². The van der Waals surface area contributed by atoms with Crippen molar-refractivity contribution >= 4 is 17.3 Å². The third-order valence-electron chi connectivity index (χ3n) is 3.76. The summed E-state index contributed by atoms with van der Waals surface area (Å²) in [5, 5.41) is 12.9. The summed E-state index contributed by atoms with van der Waals surface area (Å²) in [5.74, 6) is -0.0809.